The van der Waals surface area contributed by atoms with Gasteiger partial charge in [0.1, 0.15) is 12.6 Å². The number of amides is 2. The number of nitrogens with one attached hydrogen (secondary N) is 1. The Morgan fingerprint density at radius 1 is 0.977 bits per heavy atom. The van der Waals surface area contributed by atoms with Gasteiger partial charge in [0.25, 0.3) is 5.69 Å². The van der Waals surface area contributed by atoms with E-state index in [0.29, 0.717) is 5.56 Å². The lowest BCUT2D eigenvalue weighted by Crippen LogP contribution is -2.54. The molecule has 10 nitrogen and oxygen atoms in total. The minimum absolute atomic E-state index is 0.0150. The maximum absolute atomic E-state index is 14.3. The van der Waals surface area contributed by atoms with Crippen molar-refractivity contribution in [3.63, 3.8) is 0 Å². The predicted molar refractivity (Wildman–Crippen MR) is 166 cm³/mol. The number of rotatable bonds is 12. The van der Waals surface area contributed by atoms with Crippen molar-refractivity contribution >= 4 is 33.2 Å². The second kappa shape index (κ2) is 13.8. The van der Waals surface area contributed by atoms with Gasteiger partial charge in [-0.1, -0.05) is 73.5 Å². The van der Waals surface area contributed by atoms with Gasteiger partial charge in [-0.15, -0.1) is 0 Å². The quantitative estimate of drug-likeness (QED) is 0.236. The third-order valence-corrected chi connectivity index (χ3v) is 9.05. The Hall–Kier alpha value is -4.25. The minimum atomic E-state index is -4.05. The number of carbonyl (C=O) groups excluding carboxylic acids is 2. The SMILES string of the molecule is Cc1ccccc1CN(C(=O)CN(c1cc([N+](=O)[O-])ccc1C)S(C)(=O)=O)[C@H](Cc1ccccc1)C(=O)NC1CCCC1. The van der Waals surface area contributed by atoms with Crippen LogP contribution in [0, 0.1) is 24.0 Å². The maximum Gasteiger partial charge on any atom is 0.271 e. The number of sulfonamides is 1. The van der Waals surface area contributed by atoms with Crippen LogP contribution in [0.3, 0.4) is 0 Å². The van der Waals surface area contributed by atoms with E-state index in [2.05, 4.69) is 5.32 Å². The zero-order valence-electron chi connectivity index (χ0n) is 24.7. The Kier molecular flexibility index (Phi) is 10.2. The van der Waals surface area contributed by atoms with Gasteiger partial charge in [0, 0.05) is 31.1 Å². The molecule has 3 aromatic carbocycles. The van der Waals surface area contributed by atoms with Crippen LogP contribution in [0.5, 0.6) is 0 Å². The van der Waals surface area contributed by atoms with Crippen LogP contribution in [0.2, 0.25) is 0 Å². The first-order chi connectivity index (χ1) is 20.4. The molecule has 0 heterocycles. The molecule has 0 spiro atoms. The fraction of sp³-hybridized carbons (Fsp3) is 0.375. The summed E-state index contributed by atoms with van der Waals surface area (Å²) in [6.07, 6.45) is 4.95. The van der Waals surface area contributed by atoms with Crippen molar-refractivity contribution < 1.29 is 22.9 Å². The van der Waals surface area contributed by atoms with Gasteiger partial charge in [-0.3, -0.25) is 24.0 Å². The molecule has 11 heteroatoms. The van der Waals surface area contributed by atoms with Crippen LogP contribution in [-0.2, 0) is 32.6 Å². The van der Waals surface area contributed by atoms with Gasteiger partial charge < -0.3 is 10.2 Å². The second-order valence-electron chi connectivity index (χ2n) is 11.1. The number of non-ortho nitro benzene ring substituents is 1. The summed E-state index contributed by atoms with van der Waals surface area (Å²) in [5.74, 6) is -0.891. The highest BCUT2D eigenvalue weighted by Gasteiger charge is 2.35. The van der Waals surface area contributed by atoms with Gasteiger partial charge in [0.05, 0.1) is 16.9 Å². The van der Waals surface area contributed by atoms with Crippen LogP contribution >= 0.6 is 0 Å². The van der Waals surface area contributed by atoms with Crippen LogP contribution in [0.15, 0.2) is 72.8 Å². The summed E-state index contributed by atoms with van der Waals surface area (Å²) in [7, 11) is -4.05. The van der Waals surface area contributed by atoms with Crippen molar-refractivity contribution in [3.8, 4) is 0 Å². The molecule has 1 N–H and O–H groups in total. The average molecular weight is 607 g/mol. The van der Waals surface area contributed by atoms with Crippen LogP contribution in [-0.4, -0.2) is 54.9 Å². The molecule has 228 valence electrons. The zero-order valence-corrected chi connectivity index (χ0v) is 25.5. The second-order valence-corrected chi connectivity index (χ2v) is 13.0. The number of nitro groups is 1. The molecule has 0 unspecified atom stereocenters. The summed E-state index contributed by atoms with van der Waals surface area (Å²) in [4.78, 5) is 40.6. The lowest BCUT2D eigenvalue weighted by Gasteiger charge is -2.34. The van der Waals surface area contributed by atoms with E-state index in [9.17, 15) is 28.1 Å². The molecule has 1 fully saturated rings. The van der Waals surface area contributed by atoms with Crippen molar-refractivity contribution in [2.45, 2.75) is 64.6 Å². The highest BCUT2D eigenvalue weighted by Crippen LogP contribution is 2.28. The smallest absolute Gasteiger partial charge is 0.271 e. The molecule has 43 heavy (non-hydrogen) atoms. The van der Waals surface area contributed by atoms with Gasteiger partial charge in [-0.25, -0.2) is 8.42 Å². The Bertz CT molecular complexity index is 1570. The van der Waals surface area contributed by atoms with E-state index in [0.717, 1.165) is 59.0 Å². The van der Waals surface area contributed by atoms with E-state index >= 15 is 0 Å². The Balaban J connectivity index is 1.77. The molecule has 2 amide bonds. The third kappa shape index (κ3) is 8.19. The number of aryl methyl sites for hydroxylation is 2. The summed E-state index contributed by atoms with van der Waals surface area (Å²) < 4.78 is 27.0. The molecular weight excluding hydrogens is 568 g/mol. The molecule has 0 radical (unpaired) electrons. The summed E-state index contributed by atoms with van der Waals surface area (Å²) >= 11 is 0. The minimum Gasteiger partial charge on any atom is -0.352 e. The fourth-order valence-electron chi connectivity index (χ4n) is 5.47. The first-order valence-corrected chi connectivity index (χ1v) is 16.2. The highest BCUT2D eigenvalue weighted by molar-refractivity contribution is 7.92. The van der Waals surface area contributed by atoms with E-state index < -0.39 is 33.4 Å². The van der Waals surface area contributed by atoms with Crippen LogP contribution in [0.4, 0.5) is 11.4 Å². The van der Waals surface area contributed by atoms with Crippen molar-refractivity contribution in [2.75, 3.05) is 17.1 Å². The van der Waals surface area contributed by atoms with E-state index in [1.54, 1.807) is 6.92 Å². The van der Waals surface area contributed by atoms with Gasteiger partial charge >= 0.3 is 0 Å². The Labute approximate surface area is 252 Å². The number of hydrogen-bond acceptors (Lipinski definition) is 6. The van der Waals surface area contributed by atoms with Crippen molar-refractivity contribution in [3.05, 3.63) is 105 Å². The molecule has 0 aromatic heterocycles. The summed E-state index contributed by atoms with van der Waals surface area (Å²) in [5, 5.41) is 14.6. The molecule has 1 aliphatic rings. The molecular formula is C32H38N4O6S. The summed E-state index contributed by atoms with van der Waals surface area (Å²) in [6, 6.07) is 19.9. The van der Waals surface area contributed by atoms with E-state index in [1.165, 1.54) is 17.0 Å². The first-order valence-electron chi connectivity index (χ1n) is 14.3. The molecule has 4 rings (SSSR count). The van der Waals surface area contributed by atoms with E-state index in [1.807, 2.05) is 61.5 Å². The van der Waals surface area contributed by atoms with Crippen LogP contribution < -0.4 is 9.62 Å². The van der Waals surface area contributed by atoms with Crippen molar-refractivity contribution in [2.24, 2.45) is 0 Å². The van der Waals surface area contributed by atoms with Crippen molar-refractivity contribution in [1.82, 2.24) is 10.2 Å². The topological polar surface area (TPSA) is 130 Å². The lowest BCUT2D eigenvalue weighted by molar-refractivity contribution is -0.384. The number of nitro benzene ring substituents is 1. The van der Waals surface area contributed by atoms with Gasteiger partial charge in [0.15, 0.2) is 0 Å². The number of hydrogen-bond donors (Lipinski definition) is 1. The molecule has 0 saturated heterocycles. The Morgan fingerprint density at radius 3 is 2.26 bits per heavy atom. The lowest BCUT2D eigenvalue weighted by atomic mass is 10.0. The summed E-state index contributed by atoms with van der Waals surface area (Å²) in [5.41, 5.74) is 2.79. The van der Waals surface area contributed by atoms with E-state index in [4.69, 9.17) is 0 Å². The summed E-state index contributed by atoms with van der Waals surface area (Å²) in [6.45, 7) is 2.99. The fourth-order valence-corrected chi connectivity index (χ4v) is 6.37. The molecule has 1 atom stereocenters. The predicted octanol–water partition coefficient (Wildman–Crippen LogP) is 4.68. The third-order valence-electron chi connectivity index (χ3n) is 7.93. The van der Waals surface area contributed by atoms with Crippen LogP contribution in [0.25, 0.3) is 0 Å². The van der Waals surface area contributed by atoms with Gasteiger partial charge in [-0.05, 0) is 48.9 Å². The van der Waals surface area contributed by atoms with Crippen molar-refractivity contribution in [1.29, 1.82) is 0 Å². The first kappa shape index (κ1) is 31.7. The van der Waals surface area contributed by atoms with E-state index in [-0.39, 0.29) is 36.3 Å². The number of nitrogens with zero attached hydrogens (tertiary/aromatic N) is 3. The number of carbonyl (C=O) groups is 2. The molecule has 1 saturated carbocycles. The monoisotopic (exact) mass is 606 g/mol. The highest BCUT2D eigenvalue weighted by atomic mass is 32.2. The average Bonchev–Trinajstić information content (AvgIpc) is 3.47. The Morgan fingerprint density at radius 2 is 1.63 bits per heavy atom. The number of benzene rings is 3. The normalized spacial score (nSPS) is 14.2. The van der Waals surface area contributed by atoms with Crippen LogP contribution in [0.1, 0.15) is 47.9 Å². The molecule has 1 aliphatic carbocycles. The maximum atomic E-state index is 14.3. The largest absolute Gasteiger partial charge is 0.352 e. The van der Waals surface area contributed by atoms with Gasteiger partial charge in [-0.2, -0.15) is 0 Å². The van der Waals surface area contributed by atoms with Gasteiger partial charge in [0.2, 0.25) is 21.8 Å². The molecule has 3 aromatic rings. The zero-order chi connectivity index (χ0) is 31.1. The molecule has 0 aliphatic heterocycles. The standard InChI is InChI=1S/C32H38N4O6S/c1-23-11-7-8-14-26(23)21-34(30(19-25-12-5-4-6-13-25)32(38)33-27-15-9-10-16-27)31(37)22-35(43(3,41)42)29-20-28(36(39)40)18-17-24(29)2/h4-8,11-14,17-18,20,27,30H,9-10,15-16,19,21-22H2,1-3H3,(H,33,38)/t30-/m1/s1. The molecule has 0 bridgehead atoms. The number of anilines is 1.